The van der Waals surface area contributed by atoms with Gasteiger partial charge in [-0.1, -0.05) is 6.07 Å². The first-order valence-electron chi connectivity index (χ1n) is 6.62. The topological polar surface area (TPSA) is 32.3 Å². The Balaban J connectivity index is 1.73. The SMILES string of the molecule is O=C(NC1CN2CCC1CC2)c1cccc(Br)c1F. The van der Waals surface area contributed by atoms with Gasteiger partial charge in [0.2, 0.25) is 0 Å². The van der Waals surface area contributed by atoms with Gasteiger partial charge in [0.25, 0.3) is 5.91 Å². The first kappa shape index (κ1) is 13.1. The van der Waals surface area contributed by atoms with Gasteiger partial charge < -0.3 is 10.2 Å². The number of carbonyl (C=O) groups excluding carboxylic acids is 1. The molecule has 3 nitrogen and oxygen atoms in total. The monoisotopic (exact) mass is 326 g/mol. The zero-order valence-corrected chi connectivity index (χ0v) is 12.1. The van der Waals surface area contributed by atoms with Crippen LogP contribution >= 0.6 is 15.9 Å². The van der Waals surface area contributed by atoms with Crippen LogP contribution in [0.2, 0.25) is 0 Å². The highest BCUT2D eigenvalue weighted by Gasteiger charge is 2.35. The Morgan fingerprint density at radius 1 is 1.37 bits per heavy atom. The Morgan fingerprint density at radius 2 is 2.11 bits per heavy atom. The van der Waals surface area contributed by atoms with Crippen molar-refractivity contribution in [1.82, 2.24) is 10.2 Å². The van der Waals surface area contributed by atoms with Crippen molar-refractivity contribution in [1.29, 1.82) is 0 Å². The number of amides is 1. The summed E-state index contributed by atoms with van der Waals surface area (Å²) in [5, 5.41) is 2.99. The van der Waals surface area contributed by atoms with Gasteiger partial charge in [-0.25, -0.2) is 4.39 Å². The van der Waals surface area contributed by atoms with Gasteiger partial charge in [0, 0.05) is 12.6 Å². The normalized spacial score (nSPS) is 29.3. The lowest BCUT2D eigenvalue weighted by molar-refractivity contribution is 0.0618. The van der Waals surface area contributed by atoms with E-state index in [-0.39, 0.29) is 17.5 Å². The number of halogens is 2. The Hall–Kier alpha value is -0.940. The highest BCUT2D eigenvalue weighted by molar-refractivity contribution is 9.10. The fraction of sp³-hybridized carbons (Fsp3) is 0.500. The van der Waals surface area contributed by atoms with E-state index in [0.29, 0.717) is 10.4 Å². The van der Waals surface area contributed by atoms with Gasteiger partial charge in [-0.05, 0) is 59.9 Å². The first-order valence-corrected chi connectivity index (χ1v) is 7.41. The molecule has 3 fully saturated rings. The third-order valence-electron chi connectivity index (χ3n) is 4.17. The standard InChI is InChI=1S/C14H16BrFN2O/c15-11-3-1-2-10(13(11)16)14(19)17-12-8-18-6-4-9(12)5-7-18/h1-3,9,12H,4-8H2,(H,17,19). The van der Waals surface area contributed by atoms with Crippen molar-refractivity contribution < 1.29 is 9.18 Å². The Kier molecular flexibility index (Phi) is 3.58. The second-order valence-electron chi connectivity index (χ2n) is 5.32. The molecule has 5 heteroatoms. The van der Waals surface area contributed by atoms with Crippen molar-refractivity contribution >= 4 is 21.8 Å². The number of piperidine rings is 3. The molecule has 1 unspecified atom stereocenters. The molecule has 0 radical (unpaired) electrons. The summed E-state index contributed by atoms with van der Waals surface area (Å²) in [4.78, 5) is 14.5. The summed E-state index contributed by atoms with van der Waals surface area (Å²) < 4.78 is 14.2. The zero-order valence-electron chi connectivity index (χ0n) is 10.5. The number of benzene rings is 1. The van der Waals surface area contributed by atoms with Gasteiger partial charge in [0.1, 0.15) is 5.82 Å². The van der Waals surface area contributed by atoms with Gasteiger partial charge in [0.05, 0.1) is 10.0 Å². The van der Waals surface area contributed by atoms with E-state index in [0.717, 1.165) is 32.5 Å². The van der Waals surface area contributed by atoms with Crippen LogP contribution in [0.3, 0.4) is 0 Å². The largest absolute Gasteiger partial charge is 0.348 e. The molecule has 2 bridgehead atoms. The number of nitrogens with zero attached hydrogens (tertiary/aromatic N) is 1. The molecule has 1 aromatic rings. The molecule has 1 atom stereocenters. The molecule has 1 amide bonds. The quantitative estimate of drug-likeness (QED) is 0.905. The molecule has 102 valence electrons. The van der Waals surface area contributed by atoms with E-state index in [9.17, 15) is 9.18 Å². The van der Waals surface area contributed by atoms with Crippen molar-refractivity contribution in [3.05, 3.63) is 34.1 Å². The Labute approximate surface area is 120 Å². The number of hydrogen-bond donors (Lipinski definition) is 1. The van der Waals surface area contributed by atoms with Gasteiger partial charge in [-0.2, -0.15) is 0 Å². The van der Waals surface area contributed by atoms with E-state index in [1.165, 1.54) is 6.07 Å². The summed E-state index contributed by atoms with van der Waals surface area (Å²) in [7, 11) is 0. The van der Waals surface area contributed by atoms with Crippen molar-refractivity contribution in [3.63, 3.8) is 0 Å². The van der Waals surface area contributed by atoms with Crippen LogP contribution in [-0.4, -0.2) is 36.5 Å². The first-order chi connectivity index (χ1) is 9.15. The van der Waals surface area contributed by atoms with Crippen molar-refractivity contribution in [3.8, 4) is 0 Å². The van der Waals surface area contributed by atoms with Gasteiger partial charge >= 0.3 is 0 Å². The molecule has 0 aromatic heterocycles. The van der Waals surface area contributed by atoms with Crippen molar-refractivity contribution in [2.24, 2.45) is 5.92 Å². The predicted molar refractivity (Wildman–Crippen MR) is 74.5 cm³/mol. The van der Waals surface area contributed by atoms with E-state index in [2.05, 4.69) is 26.1 Å². The van der Waals surface area contributed by atoms with Crippen LogP contribution in [-0.2, 0) is 0 Å². The Morgan fingerprint density at radius 3 is 2.74 bits per heavy atom. The van der Waals surface area contributed by atoms with Crippen LogP contribution in [0.25, 0.3) is 0 Å². The fourth-order valence-electron chi connectivity index (χ4n) is 3.05. The molecule has 0 aliphatic carbocycles. The van der Waals surface area contributed by atoms with Crippen LogP contribution in [0.1, 0.15) is 23.2 Å². The summed E-state index contributed by atoms with van der Waals surface area (Å²) in [6.45, 7) is 3.15. The van der Waals surface area contributed by atoms with Crippen LogP contribution in [0, 0.1) is 11.7 Å². The maximum atomic E-state index is 13.9. The summed E-state index contributed by atoms with van der Waals surface area (Å²) >= 11 is 3.11. The summed E-state index contributed by atoms with van der Waals surface area (Å²) in [5.41, 5.74) is 0.117. The lowest BCUT2D eigenvalue weighted by Gasteiger charge is -2.44. The second kappa shape index (κ2) is 5.21. The molecular weight excluding hydrogens is 311 g/mol. The fourth-order valence-corrected chi connectivity index (χ4v) is 3.42. The van der Waals surface area contributed by atoms with Crippen molar-refractivity contribution in [2.45, 2.75) is 18.9 Å². The minimum Gasteiger partial charge on any atom is -0.348 e. The average molecular weight is 327 g/mol. The van der Waals surface area contributed by atoms with E-state index in [1.807, 2.05) is 0 Å². The number of fused-ring (bicyclic) bond motifs is 3. The molecule has 1 aromatic carbocycles. The van der Waals surface area contributed by atoms with Crippen LogP contribution < -0.4 is 5.32 Å². The minimum atomic E-state index is -0.485. The highest BCUT2D eigenvalue weighted by atomic mass is 79.9. The van der Waals surface area contributed by atoms with E-state index >= 15 is 0 Å². The van der Waals surface area contributed by atoms with Gasteiger partial charge in [-0.15, -0.1) is 0 Å². The van der Waals surface area contributed by atoms with Crippen molar-refractivity contribution in [2.75, 3.05) is 19.6 Å². The average Bonchev–Trinajstić information content (AvgIpc) is 2.43. The van der Waals surface area contributed by atoms with E-state index in [1.54, 1.807) is 12.1 Å². The molecule has 4 rings (SSSR count). The Bertz CT molecular complexity index is 500. The summed E-state index contributed by atoms with van der Waals surface area (Å²) in [6, 6.07) is 4.96. The number of carbonyl (C=O) groups is 1. The maximum Gasteiger partial charge on any atom is 0.254 e. The second-order valence-corrected chi connectivity index (χ2v) is 6.17. The lowest BCUT2D eigenvalue weighted by atomic mass is 9.84. The third-order valence-corrected chi connectivity index (χ3v) is 4.78. The van der Waals surface area contributed by atoms with Crippen LogP contribution in [0.5, 0.6) is 0 Å². The highest BCUT2D eigenvalue weighted by Crippen LogP contribution is 2.28. The molecular formula is C14H16BrFN2O. The maximum absolute atomic E-state index is 13.9. The molecule has 3 aliphatic rings. The zero-order chi connectivity index (χ0) is 13.4. The number of rotatable bonds is 2. The lowest BCUT2D eigenvalue weighted by Crippen LogP contribution is -2.57. The predicted octanol–water partition coefficient (Wildman–Crippen LogP) is 2.41. The molecule has 3 heterocycles. The molecule has 0 saturated carbocycles. The molecule has 0 spiro atoms. The molecule has 1 N–H and O–H groups in total. The van der Waals surface area contributed by atoms with Crippen LogP contribution in [0.4, 0.5) is 4.39 Å². The number of nitrogens with one attached hydrogen (secondary N) is 1. The minimum absolute atomic E-state index is 0.117. The van der Waals surface area contributed by atoms with Gasteiger partial charge in [0.15, 0.2) is 0 Å². The summed E-state index contributed by atoms with van der Waals surface area (Å²) in [5.74, 6) is -0.247. The van der Waals surface area contributed by atoms with Gasteiger partial charge in [-0.3, -0.25) is 4.79 Å². The third kappa shape index (κ3) is 2.54. The molecule has 19 heavy (non-hydrogen) atoms. The smallest absolute Gasteiger partial charge is 0.254 e. The molecule has 3 aliphatic heterocycles. The van der Waals surface area contributed by atoms with Crippen LogP contribution in [0.15, 0.2) is 22.7 Å². The van der Waals surface area contributed by atoms with E-state index in [4.69, 9.17) is 0 Å². The summed E-state index contributed by atoms with van der Waals surface area (Å²) in [6.07, 6.45) is 2.26. The number of hydrogen-bond acceptors (Lipinski definition) is 2. The van der Waals surface area contributed by atoms with E-state index < -0.39 is 5.82 Å². The molecule has 3 saturated heterocycles.